The minimum atomic E-state index is -0.946. The molecule has 29 heavy (non-hydrogen) atoms. The van der Waals surface area contributed by atoms with Gasteiger partial charge in [-0.2, -0.15) is 0 Å². The first-order chi connectivity index (χ1) is 14.1. The molecule has 2 aromatic carbocycles. The highest BCUT2D eigenvalue weighted by atomic mass is 16.5. The Kier molecular flexibility index (Phi) is 5.65. The van der Waals surface area contributed by atoms with Crippen LogP contribution in [0.15, 0.2) is 54.6 Å². The largest absolute Gasteiger partial charge is 0.389 e. The summed E-state index contributed by atoms with van der Waals surface area (Å²) < 4.78 is 6.12. The SMILES string of the molecule is Cc1ccccc1C(OCC(O)CN1C(=O)C2CCCN2C1=O)c1ccccc1. The number of amides is 3. The number of hydrogen-bond acceptors (Lipinski definition) is 4. The van der Waals surface area contributed by atoms with Crippen LogP contribution in [0, 0.1) is 6.92 Å². The molecule has 0 bridgehead atoms. The standard InChI is InChI=1S/C23H26N2O4/c1-16-8-5-6-11-19(16)21(17-9-3-2-4-10-17)29-15-18(26)14-25-22(27)20-12-7-13-24(20)23(25)28/h2-6,8-11,18,20-21,26H,7,12-15H2,1H3. The molecule has 3 atom stereocenters. The molecule has 0 aromatic heterocycles. The highest BCUT2D eigenvalue weighted by molar-refractivity contribution is 6.04. The van der Waals surface area contributed by atoms with Gasteiger partial charge >= 0.3 is 6.03 Å². The van der Waals surface area contributed by atoms with Crippen LogP contribution in [0.3, 0.4) is 0 Å². The monoisotopic (exact) mass is 394 g/mol. The van der Waals surface area contributed by atoms with Crippen LogP contribution >= 0.6 is 0 Å². The Morgan fingerprint density at radius 1 is 1.10 bits per heavy atom. The van der Waals surface area contributed by atoms with E-state index >= 15 is 0 Å². The number of aryl methyl sites for hydroxylation is 1. The van der Waals surface area contributed by atoms with Crippen LogP contribution in [-0.4, -0.2) is 58.7 Å². The third kappa shape index (κ3) is 3.91. The molecule has 2 saturated heterocycles. The number of β-amino-alcohol motifs (C(OH)–C–C–N with tert-alkyl or cyclic N) is 1. The van der Waals surface area contributed by atoms with Gasteiger partial charge in [-0.05, 0) is 36.5 Å². The minimum Gasteiger partial charge on any atom is -0.389 e. The smallest absolute Gasteiger partial charge is 0.327 e. The zero-order valence-electron chi connectivity index (χ0n) is 16.5. The number of ether oxygens (including phenoxy) is 1. The molecule has 2 aliphatic heterocycles. The lowest BCUT2D eigenvalue weighted by Crippen LogP contribution is -2.40. The lowest BCUT2D eigenvalue weighted by molar-refractivity contribution is -0.129. The number of hydrogen-bond donors (Lipinski definition) is 1. The van der Waals surface area contributed by atoms with Gasteiger partial charge in [0.2, 0.25) is 0 Å². The Balaban J connectivity index is 1.44. The maximum Gasteiger partial charge on any atom is 0.327 e. The van der Waals surface area contributed by atoms with Gasteiger partial charge in [0, 0.05) is 6.54 Å². The van der Waals surface area contributed by atoms with Crippen molar-refractivity contribution in [3.05, 3.63) is 71.3 Å². The second-order valence-electron chi connectivity index (χ2n) is 7.72. The summed E-state index contributed by atoms with van der Waals surface area (Å²) in [5, 5.41) is 10.5. The van der Waals surface area contributed by atoms with Gasteiger partial charge in [0.25, 0.3) is 5.91 Å². The van der Waals surface area contributed by atoms with Gasteiger partial charge < -0.3 is 14.7 Å². The second-order valence-corrected chi connectivity index (χ2v) is 7.72. The van der Waals surface area contributed by atoms with E-state index in [-0.39, 0.29) is 37.2 Å². The van der Waals surface area contributed by atoms with Crippen molar-refractivity contribution in [1.82, 2.24) is 9.80 Å². The van der Waals surface area contributed by atoms with Crippen LogP contribution in [0.2, 0.25) is 0 Å². The fraction of sp³-hybridized carbons (Fsp3) is 0.391. The van der Waals surface area contributed by atoms with Crippen LogP contribution < -0.4 is 0 Å². The van der Waals surface area contributed by atoms with Crippen molar-refractivity contribution >= 4 is 11.9 Å². The van der Waals surface area contributed by atoms with Gasteiger partial charge in [0.1, 0.15) is 12.1 Å². The van der Waals surface area contributed by atoms with Crippen molar-refractivity contribution in [1.29, 1.82) is 0 Å². The summed E-state index contributed by atoms with van der Waals surface area (Å²) in [4.78, 5) is 27.7. The molecule has 3 amide bonds. The van der Waals surface area contributed by atoms with Crippen LogP contribution in [0.1, 0.15) is 35.6 Å². The molecular formula is C23H26N2O4. The van der Waals surface area contributed by atoms with Crippen molar-refractivity contribution in [2.75, 3.05) is 19.7 Å². The van der Waals surface area contributed by atoms with Crippen molar-refractivity contribution in [3.63, 3.8) is 0 Å². The number of benzene rings is 2. The summed E-state index contributed by atoms with van der Waals surface area (Å²) in [6.45, 7) is 2.62. The Morgan fingerprint density at radius 3 is 2.55 bits per heavy atom. The number of carbonyl (C=O) groups is 2. The normalized spacial score (nSPS) is 20.8. The minimum absolute atomic E-state index is 0.0234. The number of fused-ring (bicyclic) bond motifs is 1. The van der Waals surface area contributed by atoms with E-state index in [0.717, 1.165) is 23.1 Å². The average molecular weight is 394 g/mol. The van der Waals surface area contributed by atoms with E-state index in [0.29, 0.717) is 13.0 Å². The molecule has 0 saturated carbocycles. The Labute approximate surface area is 170 Å². The van der Waals surface area contributed by atoms with Crippen molar-refractivity contribution in [3.8, 4) is 0 Å². The van der Waals surface area contributed by atoms with Gasteiger partial charge in [-0.1, -0.05) is 54.6 Å². The molecule has 2 aromatic rings. The van der Waals surface area contributed by atoms with Crippen LogP contribution in [0.4, 0.5) is 4.79 Å². The predicted molar refractivity (Wildman–Crippen MR) is 108 cm³/mol. The number of aliphatic hydroxyl groups is 1. The highest BCUT2D eigenvalue weighted by Gasteiger charge is 2.47. The van der Waals surface area contributed by atoms with Gasteiger partial charge in [-0.15, -0.1) is 0 Å². The lowest BCUT2D eigenvalue weighted by Gasteiger charge is -2.24. The zero-order valence-corrected chi connectivity index (χ0v) is 16.5. The lowest BCUT2D eigenvalue weighted by atomic mass is 9.97. The molecule has 3 unspecified atom stereocenters. The number of aliphatic hydroxyl groups excluding tert-OH is 1. The van der Waals surface area contributed by atoms with Crippen molar-refractivity contribution < 1.29 is 19.4 Å². The molecule has 0 radical (unpaired) electrons. The summed E-state index contributed by atoms with van der Waals surface area (Å²) in [6.07, 6.45) is 0.284. The Morgan fingerprint density at radius 2 is 1.83 bits per heavy atom. The molecule has 6 nitrogen and oxygen atoms in total. The number of rotatable bonds is 7. The maximum absolute atomic E-state index is 12.5. The van der Waals surface area contributed by atoms with Crippen molar-refractivity contribution in [2.24, 2.45) is 0 Å². The molecule has 6 heteroatoms. The van der Waals surface area contributed by atoms with Gasteiger partial charge in [-0.3, -0.25) is 9.69 Å². The van der Waals surface area contributed by atoms with E-state index in [1.807, 2.05) is 61.5 Å². The fourth-order valence-electron chi connectivity index (χ4n) is 4.19. The van der Waals surface area contributed by atoms with Crippen LogP contribution in [0.5, 0.6) is 0 Å². The summed E-state index contributed by atoms with van der Waals surface area (Å²) >= 11 is 0. The summed E-state index contributed by atoms with van der Waals surface area (Å²) in [7, 11) is 0. The summed E-state index contributed by atoms with van der Waals surface area (Å²) in [5.74, 6) is -0.204. The van der Waals surface area contributed by atoms with Gasteiger partial charge in [0.05, 0.1) is 19.3 Å². The van der Waals surface area contributed by atoms with Crippen LogP contribution in [0.25, 0.3) is 0 Å². The van der Waals surface area contributed by atoms with Gasteiger partial charge in [0.15, 0.2) is 0 Å². The molecule has 4 rings (SSSR count). The first kappa shape index (κ1) is 19.6. The number of urea groups is 1. The average Bonchev–Trinajstić information content (AvgIpc) is 3.30. The predicted octanol–water partition coefficient (Wildman–Crippen LogP) is 2.89. The Hall–Kier alpha value is -2.70. The number of imide groups is 1. The number of nitrogens with zero attached hydrogens (tertiary/aromatic N) is 2. The van der Waals surface area contributed by atoms with Crippen LogP contribution in [-0.2, 0) is 9.53 Å². The quantitative estimate of drug-likeness (QED) is 0.733. The molecule has 1 N–H and O–H groups in total. The molecule has 152 valence electrons. The molecule has 0 spiro atoms. The van der Waals surface area contributed by atoms with Gasteiger partial charge in [-0.25, -0.2) is 4.79 Å². The second kappa shape index (κ2) is 8.35. The molecule has 2 heterocycles. The zero-order chi connectivity index (χ0) is 20.4. The van der Waals surface area contributed by atoms with Crippen molar-refractivity contribution in [2.45, 2.75) is 38.0 Å². The molecule has 2 fully saturated rings. The van der Waals surface area contributed by atoms with E-state index < -0.39 is 6.10 Å². The summed E-state index contributed by atoms with van der Waals surface area (Å²) in [6, 6.07) is 17.2. The van der Waals surface area contributed by atoms with E-state index in [4.69, 9.17) is 4.74 Å². The first-order valence-electron chi connectivity index (χ1n) is 10.1. The van der Waals surface area contributed by atoms with E-state index in [1.165, 1.54) is 4.90 Å². The molecular weight excluding hydrogens is 368 g/mol. The first-order valence-corrected chi connectivity index (χ1v) is 10.1. The number of carbonyl (C=O) groups excluding carboxylic acids is 2. The molecule has 2 aliphatic rings. The fourth-order valence-corrected chi connectivity index (χ4v) is 4.19. The molecule has 0 aliphatic carbocycles. The van der Waals surface area contributed by atoms with E-state index in [2.05, 4.69) is 0 Å². The highest BCUT2D eigenvalue weighted by Crippen LogP contribution is 2.30. The summed E-state index contributed by atoms with van der Waals surface area (Å²) in [5.41, 5.74) is 3.12. The maximum atomic E-state index is 12.5. The third-order valence-electron chi connectivity index (χ3n) is 5.70. The van der Waals surface area contributed by atoms with E-state index in [9.17, 15) is 14.7 Å². The topological polar surface area (TPSA) is 70.1 Å². The van der Waals surface area contributed by atoms with E-state index in [1.54, 1.807) is 4.90 Å². The Bertz CT molecular complexity index is 863. The third-order valence-corrected chi connectivity index (χ3v) is 5.70.